The molecule has 0 aliphatic heterocycles. The second-order valence-electron chi connectivity index (χ2n) is 4.47. The molecular weight excluding hydrogens is 324 g/mol. The molecule has 0 aliphatic rings. The maximum Gasteiger partial charge on any atom is 0.274 e. The van der Waals surface area contributed by atoms with Gasteiger partial charge in [0.1, 0.15) is 0 Å². The third-order valence-electron chi connectivity index (χ3n) is 2.81. The second-order valence-corrected chi connectivity index (χ2v) is 5.39. The molecule has 0 saturated carbocycles. The van der Waals surface area contributed by atoms with Crippen LogP contribution in [-0.4, -0.2) is 38.7 Å². The van der Waals surface area contributed by atoms with E-state index in [1.807, 2.05) is 24.3 Å². The zero-order chi connectivity index (χ0) is 14.7. The first-order valence-corrected chi connectivity index (χ1v) is 6.92. The van der Waals surface area contributed by atoms with E-state index in [0.29, 0.717) is 5.69 Å². The minimum Gasteiger partial charge on any atom is -0.394 e. The highest BCUT2D eigenvalue weighted by Gasteiger charge is 2.18. The third kappa shape index (κ3) is 3.05. The van der Waals surface area contributed by atoms with Crippen LogP contribution < -0.4 is 5.32 Å². The smallest absolute Gasteiger partial charge is 0.274 e. The minimum atomic E-state index is -0.342. The minimum absolute atomic E-state index is 0.120. The predicted molar refractivity (Wildman–Crippen MR) is 77.8 cm³/mol. The van der Waals surface area contributed by atoms with Crippen LogP contribution in [0.1, 0.15) is 23.1 Å². The topological polar surface area (TPSA) is 80.0 Å². The average Bonchev–Trinajstić information content (AvgIpc) is 2.80. The molecule has 20 heavy (non-hydrogen) atoms. The number of hydrogen-bond donors (Lipinski definition) is 2. The molecule has 1 unspecified atom stereocenters. The van der Waals surface area contributed by atoms with Crippen molar-refractivity contribution in [3.63, 3.8) is 0 Å². The van der Waals surface area contributed by atoms with Gasteiger partial charge in [-0.05, 0) is 32.0 Å². The van der Waals surface area contributed by atoms with Gasteiger partial charge in [0.2, 0.25) is 0 Å². The lowest BCUT2D eigenvalue weighted by Gasteiger charge is -2.09. The summed E-state index contributed by atoms with van der Waals surface area (Å²) in [4.78, 5) is 12.0. The highest BCUT2D eigenvalue weighted by Crippen LogP contribution is 2.17. The molecule has 0 radical (unpaired) electrons. The van der Waals surface area contributed by atoms with E-state index in [-0.39, 0.29) is 24.2 Å². The van der Waals surface area contributed by atoms with Crippen LogP contribution in [0.3, 0.4) is 0 Å². The number of aliphatic hydroxyl groups excluding tert-OH is 1. The standard InChI is InChI=1S/C13H15BrN4O2/c1-8(7-19)15-13(20)12-9(2)18(17-16-12)11-5-3-4-10(14)6-11/h3-6,8,19H,7H2,1-2H3,(H,15,20). The molecule has 0 fully saturated rings. The molecule has 1 aromatic carbocycles. The van der Waals surface area contributed by atoms with Crippen LogP contribution >= 0.6 is 15.9 Å². The zero-order valence-electron chi connectivity index (χ0n) is 11.2. The summed E-state index contributed by atoms with van der Waals surface area (Å²) < 4.78 is 2.52. The van der Waals surface area contributed by atoms with E-state index in [1.54, 1.807) is 18.5 Å². The summed E-state index contributed by atoms with van der Waals surface area (Å²) in [6.07, 6.45) is 0. The van der Waals surface area contributed by atoms with Gasteiger partial charge in [-0.25, -0.2) is 4.68 Å². The van der Waals surface area contributed by atoms with Crippen molar-refractivity contribution < 1.29 is 9.90 Å². The number of carbonyl (C=O) groups excluding carboxylic acids is 1. The molecule has 0 saturated heterocycles. The largest absolute Gasteiger partial charge is 0.394 e. The molecular formula is C13H15BrN4O2. The van der Waals surface area contributed by atoms with E-state index in [0.717, 1.165) is 10.2 Å². The molecule has 1 atom stereocenters. The van der Waals surface area contributed by atoms with E-state index in [9.17, 15) is 4.79 Å². The predicted octanol–water partition coefficient (Wildman–Crippen LogP) is 1.45. The summed E-state index contributed by atoms with van der Waals surface area (Å²) in [6, 6.07) is 7.24. The number of nitrogens with zero attached hydrogens (tertiary/aromatic N) is 3. The van der Waals surface area contributed by atoms with Crippen LogP contribution in [0, 0.1) is 6.92 Å². The number of rotatable bonds is 4. The lowest BCUT2D eigenvalue weighted by Crippen LogP contribution is -2.35. The Labute approximate surface area is 124 Å². The van der Waals surface area contributed by atoms with Crippen molar-refractivity contribution in [2.75, 3.05) is 6.61 Å². The van der Waals surface area contributed by atoms with Gasteiger partial charge < -0.3 is 10.4 Å². The molecule has 1 amide bonds. The number of benzene rings is 1. The highest BCUT2D eigenvalue weighted by atomic mass is 79.9. The number of nitrogens with one attached hydrogen (secondary N) is 1. The van der Waals surface area contributed by atoms with Gasteiger partial charge in [0.05, 0.1) is 18.0 Å². The fourth-order valence-corrected chi connectivity index (χ4v) is 2.12. The van der Waals surface area contributed by atoms with Crippen LogP contribution in [0.25, 0.3) is 5.69 Å². The fourth-order valence-electron chi connectivity index (χ4n) is 1.73. The summed E-state index contributed by atoms with van der Waals surface area (Å²) in [5.74, 6) is -0.342. The zero-order valence-corrected chi connectivity index (χ0v) is 12.8. The Balaban J connectivity index is 2.29. The molecule has 0 bridgehead atoms. The molecule has 106 valence electrons. The monoisotopic (exact) mass is 338 g/mol. The molecule has 2 aromatic rings. The Kier molecular flexibility index (Phi) is 4.51. The van der Waals surface area contributed by atoms with Gasteiger partial charge in [0.15, 0.2) is 5.69 Å². The molecule has 0 spiro atoms. The first kappa shape index (κ1) is 14.7. The SMILES string of the molecule is Cc1c(C(=O)NC(C)CO)nnn1-c1cccc(Br)c1. The van der Waals surface area contributed by atoms with Gasteiger partial charge >= 0.3 is 0 Å². The number of aromatic nitrogens is 3. The molecule has 2 N–H and O–H groups in total. The van der Waals surface area contributed by atoms with Crippen molar-refractivity contribution in [1.29, 1.82) is 0 Å². The van der Waals surface area contributed by atoms with Crippen LogP contribution in [0.2, 0.25) is 0 Å². The van der Waals surface area contributed by atoms with Crippen molar-refractivity contribution >= 4 is 21.8 Å². The number of halogens is 1. The van der Waals surface area contributed by atoms with Gasteiger partial charge in [-0.2, -0.15) is 0 Å². The summed E-state index contributed by atoms with van der Waals surface area (Å²) in [5, 5.41) is 19.5. The van der Waals surface area contributed by atoms with Crippen molar-refractivity contribution in [3.8, 4) is 5.69 Å². The molecule has 1 heterocycles. The van der Waals surface area contributed by atoms with Gasteiger partial charge in [0.25, 0.3) is 5.91 Å². The van der Waals surface area contributed by atoms with Crippen molar-refractivity contribution in [2.45, 2.75) is 19.9 Å². The molecule has 0 aliphatic carbocycles. The van der Waals surface area contributed by atoms with Crippen molar-refractivity contribution in [2.24, 2.45) is 0 Å². The van der Waals surface area contributed by atoms with Gasteiger partial charge in [-0.3, -0.25) is 4.79 Å². The van der Waals surface area contributed by atoms with Gasteiger partial charge in [-0.1, -0.05) is 27.2 Å². The summed E-state index contributed by atoms with van der Waals surface area (Å²) in [7, 11) is 0. The van der Waals surface area contributed by atoms with E-state index in [2.05, 4.69) is 31.6 Å². The second kappa shape index (κ2) is 6.15. The van der Waals surface area contributed by atoms with E-state index in [1.165, 1.54) is 0 Å². The van der Waals surface area contributed by atoms with Crippen molar-refractivity contribution in [3.05, 3.63) is 40.1 Å². The Bertz CT molecular complexity index is 627. The first-order valence-electron chi connectivity index (χ1n) is 6.13. The van der Waals surface area contributed by atoms with Crippen LogP contribution in [0.5, 0.6) is 0 Å². The first-order chi connectivity index (χ1) is 9.52. The fraction of sp³-hybridized carbons (Fsp3) is 0.308. The molecule has 2 rings (SSSR count). The summed E-state index contributed by atoms with van der Waals surface area (Å²) in [5.41, 5.74) is 1.72. The highest BCUT2D eigenvalue weighted by molar-refractivity contribution is 9.10. The van der Waals surface area contributed by atoms with E-state index < -0.39 is 0 Å². The maximum atomic E-state index is 12.0. The van der Waals surface area contributed by atoms with Gasteiger partial charge in [-0.15, -0.1) is 5.10 Å². The third-order valence-corrected chi connectivity index (χ3v) is 3.31. The molecule has 6 nitrogen and oxygen atoms in total. The number of carbonyl (C=O) groups is 1. The normalized spacial score (nSPS) is 12.2. The number of amides is 1. The number of aliphatic hydroxyl groups is 1. The number of hydrogen-bond acceptors (Lipinski definition) is 4. The van der Waals surface area contributed by atoms with E-state index >= 15 is 0 Å². The molecule has 7 heteroatoms. The quantitative estimate of drug-likeness (QED) is 0.884. The summed E-state index contributed by atoms with van der Waals surface area (Å²) >= 11 is 3.39. The maximum absolute atomic E-state index is 12.0. The van der Waals surface area contributed by atoms with Crippen LogP contribution in [0.15, 0.2) is 28.7 Å². The van der Waals surface area contributed by atoms with Gasteiger partial charge in [0, 0.05) is 10.5 Å². The Morgan fingerprint density at radius 1 is 1.55 bits per heavy atom. The van der Waals surface area contributed by atoms with E-state index in [4.69, 9.17) is 5.11 Å². The lowest BCUT2D eigenvalue weighted by atomic mass is 10.2. The van der Waals surface area contributed by atoms with Crippen LogP contribution in [0.4, 0.5) is 0 Å². The molecule has 1 aromatic heterocycles. The van der Waals surface area contributed by atoms with Crippen molar-refractivity contribution in [1.82, 2.24) is 20.3 Å². The Morgan fingerprint density at radius 2 is 2.30 bits per heavy atom. The Hall–Kier alpha value is -1.73. The summed E-state index contributed by atoms with van der Waals surface area (Å²) in [6.45, 7) is 3.37. The average molecular weight is 339 g/mol. The Morgan fingerprint density at radius 3 is 2.95 bits per heavy atom. The lowest BCUT2D eigenvalue weighted by molar-refractivity contribution is 0.0916. The van der Waals surface area contributed by atoms with Crippen LogP contribution in [-0.2, 0) is 0 Å².